The van der Waals surface area contributed by atoms with E-state index < -0.39 is 5.97 Å². The molecule has 3 rings (SSSR count). The molecule has 0 unspecified atom stereocenters. The fraction of sp³-hybridized carbons (Fsp3) is 0.0769. The molecule has 2 N–H and O–H groups in total. The average molecular weight is 298 g/mol. The van der Waals surface area contributed by atoms with Gasteiger partial charge in [0.15, 0.2) is 0 Å². The second-order valence-electron chi connectivity index (χ2n) is 4.30. The van der Waals surface area contributed by atoms with E-state index in [1.54, 1.807) is 18.5 Å². The Balaban J connectivity index is 2.11. The lowest BCUT2D eigenvalue weighted by Gasteiger charge is -2.06. The fourth-order valence-corrected chi connectivity index (χ4v) is 1.90. The van der Waals surface area contributed by atoms with E-state index in [4.69, 9.17) is 4.74 Å². The van der Waals surface area contributed by atoms with Gasteiger partial charge in [-0.1, -0.05) is 0 Å². The SMILES string of the molecule is COc1ncc(-c2cc(C(=O)O)cc(-c3nn[nH]n3)c2)cn1. The highest BCUT2D eigenvalue weighted by atomic mass is 16.5. The second kappa shape index (κ2) is 5.56. The zero-order valence-corrected chi connectivity index (χ0v) is 11.4. The van der Waals surface area contributed by atoms with Crippen LogP contribution in [0.1, 0.15) is 10.4 Å². The number of nitrogens with zero attached hydrogens (tertiary/aromatic N) is 5. The number of methoxy groups -OCH3 is 1. The van der Waals surface area contributed by atoms with Gasteiger partial charge in [0.1, 0.15) is 0 Å². The number of aromatic amines is 1. The zero-order valence-electron chi connectivity index (χ0n) is 11.4. The maximum Gasteiger partial charge on any atom is 0.335 e. The molecule has 2 heterocycles. The third-order valence-electron chi connectivity index (χ3n) is 2.93. The first kappa shape index (κ1) is 13.6. The molecule has 9 nitrogen and oxygen atoms in total. The standard InChI is InChI=1S/C13H10N6O3/c1-22-13-14-5-10(6-15-13)7-2-8(11-16-18-19-17-11)4-9(3-7)12(20)21/h2-6H,1H3,(H,20,21)(H,16,17,18,19). The number of nitrogens with one attached hydrogen (secondary N) is 1. The lowest BCUT2D eigenvalue weighted by Crippen LogP contribution is -1.98. The third kappa shape index (κ3) is 2.59. The molecule has 0 saturated heterocycles. The number of rotatable bonds is 4. The molecule has 110 valence electrons. The van der Waals surface area contributed by atoms with Gasteiger partial charge in [-0.15, -0.1) is 10.2 Å². The molecule has 0 amide bonds. The van der Waals surface area contributed by atoms with E-state index in [1.165, 1.54) is 19.2 Å². The molecule has 0 spiro atoms. The summed E-state index contributed by atoms with van der Waals surface area (Å²) in [6.07, 6.45) is 3.10. The second-order valence-corrected chi connectivity index (χ2v) is 4.30. The number of carboxylic acid groups (broad SMARTS) is 1. The number of carboxylic acids is 1. The van der Waals surface area contributed by atoms with Crippen molar-refractivity contribution in [3.8, 4) is 28.5 Å². The van der Waals surface area contributed by atoms with Crippen molar-refractivity contribution >= 4 is 5.97 Å². The van der Waals surface area contributed by atoms with Crippen molar-refractivity contribution in [1.29, 1.82) is 0 Å². The molecule has 0 atom stereocenters. The molecule has 1 aromatic carbocycles. The van der Waals surface area contributed by atoms with Gasteiger partial charge in [0, 0.05) is 23.5 Å². The highest BCUT2D eigenvalue weighted by Gasteiger charge is 2.12. The number of aromatic carboxylic acids is 1. The Labute approximate surface area is 124 Å². The molecule has 22 heavy (non-hydrogen) atoms. The Morgan fingerprint density at radius 2 is 1.86 bits per heavy atom. The number of ether oxygens (including phenoxy) is 1. The van der Waals surface area contributed by atoms with Crippen LogP contribution in [-0.2, 0) is 0 Å². The molecular formula is C13H10N6O3. The Bertz CT molecular complexity index is 801. The third-order valence-corrected chi connectivity index (χ3v) is 2.93. The molecule has 0 fully saturated rings. The topological polar surface area (TPSA) is 127 Å². The molecular weight excluding hydrogens is 288 g/mol. The van der Waals surface area contributed by atoms with Gasteiger partial charge in [0.05, 0.1) is 12.7 Å². The van der Waals surface area contributed by atoms with Crippen LogP contribution in [0.3, 0.4) is 0 Å². The largest absolute Gasteiger partial charge is 0.478 e. The van der Waals surface area contributed by atoms with Gasteiger partial charge in [-0.3, -0.25) is 0 Å². The lowest BCUT2D eigenvalue weighted by atomic mass is 10.0. The minimum atomic E-state index is -1.05. The highest BCUT2D eigenvalue weighted by molar-refractivity contribution is 5.91. The number of hydrogen-bond donors (Lipinski definition) is 2. The maximum absolute atomic E-state index is 11.3. The van der Waals surface area contributed by atoms with E-state index in [2.05, 4.69) is 30.6 Å². The van der Waals surface area contributed by atoms with Gasteiger partial charge in [0.2, 0.25) is 5.82 Å². The molecule has 0 saturated carbocycles. The van der Waals surface area contributed by atoms with Crippen molar-refractivity contribution in [1.82, 2.24) is 30.6 Å². The van der Waals surface area contributed by atoms with Gasteiger partial charge >= 0.3 is 12.0 Å². The van der Waals surface area contributed by atoms with E-state index in [1.807, 2.05) is 0 Å². The summed E-state index contributed by atoms with van der Waals surface area (Å²) in [4.78, 5) is 19.3. The normalized spacial score (nSPS) is 10.4. The summed E-state index contributed by atoms with van der Waals surface area (Å²) in [5, 5.41) is 22.8. The molecule has 2 aromatic heterocycles. The van der Waals surface area contributed by atoms with Crippen molar-refractivity contribution in [3.63, 3.8) is 0 Å². The van der Waals surface area contributed by atoms with Crippen LogP contribution >= 0.6 is 0 Å². The van der Waals surface area contributed by atoms with Crippen LogP contribution in [0.15, 0.2) is 30.6 Å². The summed E-state index contributed by atoms with van der Waals surface area (Å²) in [6, 6.07) is 4.97. The van der Waals surface area contributed by atoms with E-state index in [0.29, 0.717) is 22.5 Å². The molecule has 0 bridgehead atoms. The molecule has 0 aliphatic rings. The van der Waals surface area contributed by atoms with Crippen LogP contribution in [0.2, 0.25) is 0 Å². The number of benzene rings is 1. The van der Waals surface area contributed by atoms with Crippen molar-refractivity contribution in [3.05, 3.63) is 36.2 Å². The van der Waals surface area contributed by atoms with Crippen molar-refractivity contribution in [2.24, 2.45) is 0 Å². The van der Waals surface area contributed by atoms with Crippen LogP contribution in [0, 0.1) is 0 Å². The molecule has 0 aliphatic heterocycles. The predicted octanol–water partition coefficient (Wildman–Crippen LogP) is 1.03. The van der Waals surface area contributed by atoms with Crippen molar-refractivity contribution in [2.75, 3.05) is 7.11 Å². The van der Waals surface area contributed by atoms with Gasteiger partial charge in [0.25, 0.3) is 0 Å². The van der Waals surface area contributed by atoms with Gasteiger partial charge < -0.3 is 9.84 Å². The fourth-order valence-electron chi connectivity index (χ4n) is 1.90. The summed E-state index contributed by atoms with van der Waals surface area (Å²) < 4.78 is 4.90. The Morgan fingerprint density at radius 3 is 2.45 bits per heavy atom. The first-order valence-corrected chi connectivity index (χ1v) is 6.16. The molecule has 0 aliphatic carbocycles. The van der Waals surface area contributed by atoms with Crippen LogP contribution in [0.4, 0.5) is 0 Å². The van der Waals surface area contributed by atoms with Crippen molar-refractivity contribution in [2.45, 2.75) is 0 Å². The van der Waals surface area contributed by atoms with Gasteiger partial charge in [-0.2, -0.15) is 5.21 Å². The molecule has 9 heteroatoms. The lowest BCUT2D eigenvalue weighted by molar-refractivity contribution is 0.0697. The number of tetrazole rings is 1. The van der Waals surface area contributed by atoms with Crippen LogP contribution < -0.4 is 4.74 Å². The van der Waals surface area contributed by atoms with Gasteiger partial charge in [-0.05, 0) is 29.0 Å². The summed E-state index contributed by atoms with van der Waals surface area (Å²) in [5.41, 5.74) is 1.91. The minimum absolute atomic E-state index is 0.105. The first-order valence-electron chi connectivity index (χ1n) is 6.16. The summed E-state index contributed by atoms with van der Waals surface area (Å²) in [7, 11) is 1.47. The smallest absolute Gasteiger partial charge is 0.335 e. The minimum Gasteiger partial charge on any atom is -0.478 e. The molecule has 0 radical (unpaired) electrons. The summed E-state index contributed by atoms with van der Waals surface area (Å²) >= 11 is 0. The number of carbonyl (C=O) groups is 1. The van der Waals surface area contributed by atoms with E-state index in [-0.39, 0.29) is 11.6 Å². The average Bonchev–Trinajstić information content (AvgIpc) is 3.09. The first-order chi connectivity index (χ1) is 10.7. The van der Waals surface area contributed by atoms with E-state index in [0.717, 1.165) is 0 Å². The number of aromatic nitrogens is 6. The molecule has 3 aromatic rings. The van der Waals surface area contributed by atoms with Crippen LogP contribution in [0.25, 0.3) is 22.5 Å². The quantitative estimate of drug-likeness (QED) is 0.731. The van der Waals surface area contributed by atoms with E-state index >= 15 is 0 Å². The monoisotopic (exact) mass is 298 g/mol. The Kier molecular flexibility index (Phi) is 3.44. The van der Waals surface area contributed by atoms with Crippen molar-refractivity contribution < 1.29 is 14.6 Å². The zero-order chi connectivity index (χ0) is 15.5. The summed E-state index contributed by atoms with van der Waals surface area (Å²) in [6.45, 7) is 0. The Hall–Kier alpha value is -3.36. The highest BCUT2D eigenvalue weighted by Crippen LogP contribution is 2.26. The summed E-state index contributed by atoms with van der Waals surface area (Å²) in [5.74, 6) is -0.750. The number of H-pyrrole nitrogens is 1. The maximum atomic E-state index is 11.3. The van der Waals surface area contributed by atoms with Gasteiger partial charge in [-0.25, -0.2) is 14.8 Å². The Morgan fingerprint density at radius 1 is 1.14 bits per heavy atom. The van der Waals surface area contributed by atoms with E-state index in [9.17, 15) is 9.90 Å². The predicted molar refractivity (Wildman–Crippen MR) is 74.2 cm³/mol. The number of hydrogen-bond acceptors (Lipinski definition) is 7. The van der Waals surface area contributed by atoms with Crippen LogP contribution in [0.5, 0.6) is 6.01 Å². The van der Waals surface area contributed by atoms with Crippen LogP contribution in [-0.4, -0.2) is 48.8 Å².